The quantitative estimate of drug-likeness (QED) is 0.691. The lowest BCUT2D eigenvalue weighted by Crippen LogP contribution is -2.11. The summed E-state index contributed by atoms with van der Waals surface area (Å²) in [6.07, 6.45) is 0. The van der Waals surface area contributed by atoms with Crippen molar-refractivity contribution in [2.45, 2.75) is 0 Å². The summed E-state index contributed by atoms with van der Waals surface area (Å²) >= 11 is 3.03. The van der Waals surface area contributed by atoms with E-state index in [2.05, 4.69) is 21.2 Å². The second-order valence-corrected chi connectivity index (χ2v) is 4.29. The number of nitro benzene ring substituents is 1. The minimum Gasteiger partial charge on any atom is -0.444 e. The highest BCUT2D eigenvalue weighted by Crippen LogP contribution is 2.21. The van der Waals surface area contributed by atoms with Gasteiger partial charge in [-0.1, -0.05) is 0 Å². The summed E-state index contributed by atoms with van der Waals surface area (Å²) in [5.41, 5.74) is -0.472. The van der Waals surface area contributed by atoms with E-state index < -0.39 is 22.3 Å². The van der Waals surface area contributed by atoms with Crippen LogP contribution in [0.15, 0.2) is 39.4 Å². The maximum absolute atomic E-state index is 13.2. The SMILES string of the molecule is O=C(Nc1cc(F)cc([N+](=O)[O-])c1)c1ccc(Br)o1. The molecule has 0 atom stereocenters. The van der Waals surface area contributed by atoms with Crippen LogP contribution in [-0.4, -0.2) is 10.8 Å². The van der Waals surface area contributed by atoms with E-state index >= 15 is 0 Å². The van der Waals surface area contributed by atoms with Crippen molar-refractivity contribution in [2.75, 3.05) is 5.32 Å². The van der Waals surface area contributed by atoms with Crippen LogP contribution in [0.4, 0.5) is 15.8 Å². The van der Waals surface area contributed by atoms with Crippen LogP contribution in [0.1, 0.15) is 10.6 Å². The molecule has 1 aromatic heterocycles. The highest BCUT2D eigenvalue weighted by Gasteiger charge is 2.14. The lowest BCUT2D eigenvalue weighted by molar-refractivity contribution is -0.385. The zero-order valence-corrected chi connectivity index (χ0v) is 10.8. The van der Waals surface area contributed by atoms with Gasteiger partial charge < -0.3 is 9.73 Å². The molecular formula is C11H6BrFN2O4. The molecule has 0 saturated heterocycles. The number of furan rings is 1. The van der Waals surface area contributed by atoms with Crippen LogP contribution < -0.4 is 5.32 Å². The predicted molar refractivity (Wildman–Crippen MR) is 67.4 cm³/mol. The maximum atomic E-state index is 13.2. The molecule has 0 spiro atoms. The second-order valence-electron chi connectivity index (χ2n) is 3.51. The highest BCUT2D eigenvalue weighted by atomic mass is 79.9. The van der Waals surface area contributed by atoms with E-state index in [0.717, 1.165) is 18.2 Å². The monoisotopic (exact) mass is 328 g/mol. The van der Waals surface area contributed by atoms with Gasteiger partial charge in [0.25, 0.3) is 11.6 Å². The highest BCUT2D eigenvalue weighted by molar-refractivity contribution is 9.10. The molecule has 1 aromatic carbocycles. The van der Waals surface area contributed by atoms with Crippen molar-refractivity contribution in [2.24, 2.45) is 0 Å². The maximum Gasteiger partial charge on any atom is 0.291 e. The average Bonchev–Trinajstić information content (AvgIpc) is 2.75. The van der Waals surface area contributed by atoms with Crippen molar-refractivity contribution < 1.29 is 18.5 Å². The molecule has 1 amide bonds. The Balaban J connectivity index is 2.23. The van der Waals surface area contributed by atoms with Gasteiger partial charge >= 0.3 is 0 Å². The standard InChI is InChI=1S/C11H6BrFN2O4/c12-10-2-1-9(19-10)11(16)14-7-3-6(13)4-8(5-7)15(17)18/h1-5H,(H,14,16). The second kappa shape index (κ2) is 5.19. The van der Waals surface area contributed by atoms with E-state index in [0.29, 0.717) is 4.67 Å². The third-order valence-corrected chi connectivity index (χ3v) is 2.57. The summed E-state index contributed by atoms with van der Waals surface area (Å²) < 4.78 is 18.5. The number of nitrogens with one attached hydrogen (secondary N) is 1. The number of carbonyl (C=O) groups excluding carboxylic acids is 1. The zero-order chi connectivity index (χ0) is 14.0. The summed E-state index contributed by atoms with van der Waals surface area (Å²) in [6, 6.07) is 5.72. The number of hydrogen-bond donors (Lipinski definition) is 1. The predicted octanol–water partition coefficient (Wildman–Crippen LogP) is 3.34. The number of nitrogens with zero attached hydrogens (tertiary/aromatic N) is 1. The number of halogens is 2. The van der Waals surface area contributed by atoms with E-state index in [1.54, 1.807) is 0 Å². The Kier molecular flexibility index (Phi) is 3.61. The van der Waals surface area contributed by atoms with Crippen LogP contribution in [-0.2, 0) is 0 Å². The molecule has 19 heavy (non-hydrogen) atoms. The number of carbonyl (C=O) groups is 1. The molecule has 8 heteroatoms. The minimum absolute atomic E-state index is 0.00112. The molecule has 0 radical (unpaired) electrons. The minimum atomic E-state index is -0.815. The Morgan fingerprint density at radius 2 is 2.11 bits per heavy atom. The molecule has 0 bridgehead atoms. The van der Waals surface area contributed by atoms with Gasteiger partial charge in [-0.15, -0.1) is 0 Å². The lowest BCUT2D eigenvalue weighted by Gasteiger charge is -2.03. The van der Waals surface area contributed by atoms with E-state index in [-0.39, 0.29) is 11.4 Å². The van der Waals surface area contributed by atoms with Gasteiger partial charge in [-0.2, -0.15) is 0 Å². The Hall–Kier alpha value is -2.22. The van der Waals surface area contributed by atoms with E-state index in [4.69, 9.17) is 4.42 Å². The molecule has 2 rings (SSSR count). The first-order valence-corrected chi connectivity index (χ1v) is 5.76. The topological polar surface area (TPSA) is 85.4 Å². The van der Waals surface area contributed by atoms with E-state index in [1.165, 1.54) is 12.1 Å². The van der Waals surface area contributed by atoms with Crippen LogP contribution in [0.25, 0.3) is 0 Å². The van der Waals surface area contributed by atoms with E-state index in [1.807, 2.05) is 0 Å². The van der Waals surface area contributed by atoms with Gasteiger partial charge in [0.2, 0.25) is 0 Å². The number of hydrogen-bond acceptors (Lipinski definition) is 4. The first kappa shape index (κ1) is 13.2. The summed E-state index contributed by atoms with van der Waals surface area (Å²) in [6.45, 7) is 0. The zero-order valence-electron chi connectivity index (χ0n) is 9.22. The molecule has 2 aromatic rings. The molecular weight excluding hydrogens is 323 g/mol. The molecule has 0 aliphatic rings. The van der Waals surface area contributed by atoms with Crippen molar-refractivity contribution in [1.82, 2.24) is 0 Å². The fraction of sp³-hybridized carbons (Fsp3) is 0. The summed E-state index contributed by atoms with van der Waals surface area (Å²) in [5, 5.41) is 12.9. The third-order valence-electron chi connectivity index (χ3n) is 2.15. The van der Waals surface area contributed by atoms with Gasteiger partial charge in [0, 0.05) is 6.07 Å². The summed E-state index contributed by atoms with van der Waals surface area (Å²) in [5.74, 6) is -1.45. The number of non-ortho nitro benzene ring substituents is 1. The third kappa shape index (κ3) is 3.16. The average molecular weight is 329 g/mol. The molecule has 0 aliphatic heterocycles. The smallest absolute Gasteiger partial charge is 0.291 e. The van der Waals surface area contributed by atoms with Gasteiger partial charge in [0.05, 0.1) is 16.7 Å². The number of anilines is 1. The van der Waals surface area contributed by atoms with E-state index in [9.17, 15) is 19.3 Å². The molecule has 6 nitrogen and oxygen atoms in total. The summed E-state index contributed by atoms with van der Waals surface area (Å²) in [7, 11) is 0. The van der Waals surface area contributed by atoms with Crippen LogP contribution in [0, 0.1) is 15.9 Å². The van der Waals surface area contributed by atoms with Crippen molar-refractivity contribution in [3.05, 3.63) is 56.7 Å². The Labute approximate surface area is 114 Å². The van der Waals surface area contributed by atoms with Gasteiger partial charge in [-0.25, -0.2) is 4.39 Å². The molecule has 0 fully saturated rings. The van der Waals surface area contributed by atoms with Crippen molar-refractivity contribution in [3.63, 3.8) is 0 Å². The van der Waals surface area contributed by atoms with Gasteiger partial charge in [0.1, 0.15) is 5.82 Å². The Morgan fingerprint density at radius 3 is 2.68 bits per heavy atom. The molecule has 0 saturated carbocycles. The van der Waals surface area contributed by atoms with Crippen molar-refractivity contribution >= 4 is 33.2 Å². The van der Waals surface area contributed by atoms with Gasteiger partial charge in [-0.3, -0.25) is 14.9 Å². The Morgan fingerprint density at radius 1 is 1.37 bits per heavy atom. The lowest BCUT2D eigenvalue weighted by atomic mass is 10.2. The van der Waals surface area contributed by atoms with Crippen molar-refractivity contribution in [3.8, 4) is 0 Å². The van der Waals surface area contributed by atoms with Gasteiger partial charge in [-0.05, 0) is 34.1 Å². The largest absolute Gasteiger partial charge is 0.444 e. The molecule has 0 aliphatic carbocycles. The first-order chi connectivity index (χ1) is 8.95. The van der Waals surface area contributed by atoms with Crippen LogP contribution >= 0.6 is 15.9 Å². The van der Waals surface area contributed by atoms with Gasteiger partial charge in [0.15, 0.2) is 10.4 Å². The molecule has 0 unspecified atom stereocenters. The number of nitro groups is 1. The van der Waals surface area contributed by atoms with Crippen LogP contribution in [0.5, 0.6) is 0 Å². The van der Waals surface area contributed by atoms with Crippen LogP contribution in [0.2, 0.25) is 0 Å². The molecule has 1 heterocycles. The number of amides is 1. The molecule has 98 valence electrons. The Bertz CT molecular complexity index is 656. The first-order valence-electron chi connectivity index (χ1n) is 4.97. The van der Waals surface area contributed by atoms with Crippen molar-refractivity contribution in [1.29, 1.82) is 0 Å². The number of benzene rings is 1. The van der Waals surface area contributed by atoms with Crippen LogP contribution in [0.3, 0.4) is 0 Å². The fourth-order valence-corrected chi connectivity index (χ4v) is 1.69. The summed E-state index contributed by atoms with van der Waals surface area (Å²) in [4.78, 5) is 21.5. The molecule has 1 N–H and O–H groups in total. The number of rotatable bonds is 3. The fourth-order valence-electron chi connectivity index (χ4n) is 1.38. The normalized spacial score (nSPS) is 10.2.